The lowest BCUT2D eigenvalue weighted by atomic mass is 10.1. The van der Waals surface area contributed by atoms with E-state index in [4.69, 9.17) is 4.74 Å². The number of aromatic nitrogens is 3. The van der Waals surface area contributed by atoms with Crippen molar-refractivity contribution in [1.29, 1.82) is 0 Å². The third kappa shape index (κ3) is 4.83. The third-order valence-corrected chi connectivity index (χ3v) is 5.22. The molecule has 150 valence electrons. The molecule has 0 aliphatic carbocycles. The van der Waals surface area contributed by atoms with Crippen molar-refractivity contribution in [2.45, 2.75) is 45.3 Å². The molecule has 0 bridgehead atoms. The first kappa shape index (κ1) is 19.2. The summed E-state index contributed by atoms with van der Waals surface area (Å²) in [7, 11) is 0. The van der Waals surface area contributed by atoms with Gasteiger partial charge in [0.2, 0.25) is 0 Å². The van der Waals surface area contributed by atoms with Crippen LogP contribution in [0.25, 0.3) is 0 Å². The lowest BCUT2D eigenvalue weighted by molar-refractivity contribution is 0.0951. The van der Waals surface area contributed by atoms with Crippen molar-refractivity contribution in [3.05, 3.63) is 77.4 Å². The van der Waals surface area contributed by atoms with Gasteiger partial charge in [-0.1, -0.05) is 42.8 Å². The maximum absolute atomic E-state index is 12.7. The molecule has 0 atom stereocenters. The molecule has 1 amide bonds. The first-order chi connectivity index (χ1) is 14.3. The number of nitrogens with zero attached hydrogens (tertiary/aromatic N) is 3. The Morgan fingerprint density at radius 3 is 2.72 bits per heavy atom. The van der Waals surface area contributed by atoms with E-state index >= 15 is 0 Å². The van der Waals surface area contributed by atoms with Gasteiger partial charge in [0.1, 0.15) is 24.0 Å². The van der Waals surface area contributed by atoms with Gasteiger partial charge < -0.3 is 14.6 Å². The van der Waals surface area contributed by atoms with Gasteiger partial charge >= 0.3 is 0 Å². The van der Waals surface area contributed by atoms with E-state index < -0.39 is 0 Å². The van der Waals surface area contributed by atoms with Gasteiger partial charge in [0.05, 0.1) is 0 Å². The molecule has 0 spiro atoms. The summed E-state index contributed by atoms with van der Waals surface area (Å²) in [5, 5.41) is 11.7. The highest BCUT2D eigenvalue weighted by Crippen LogP contribution is 2.16. The molecule has 0 saturated carbocycles. The maximum atomic E-state index is 12.7. The summed E-state index contributed by atoms with van der Waals surface area (Å²) in [6, 6.07) is 17.2. The molecular weight excluding hydrogens is 364 g/mol. The summed E-state index contributed by atoms with van der Waals surface area (Å²) in [6.45, 7) is 1.86. The van der Waals surface area contributed by atoms with Crippen LogP contribution in [0.4, 0.5) is 0 Å². The summed E-state index contributed by atoms with van der Waals surface area (Å²) >= 11 is 0. The lowest BCUT2D eigenvalue weighted by Crippen LogP contribution is -2.27. The molecule has 0 saturated heterocycles. The highest BCUT2D eigenvalue weighted by Gasteiger charge is 2.15. The number of ether oxygens (including phenoxy) is 1. The smallest absolute Gasteiger partial charge is 0.251 e. The molecule has 6 heteroatoms. The minimum atomic E-state index is -0.0899. The second-order valence-electron chi connectivity index (χ2n) is 7.26. The number of benzene rings is 2. The number of fused-ring (bicyclic) bond motifs is 1. The zero-order chi connectivity index (χ0) is 19.9. The van der Waals surface area contributed by atoms with Crippen molar-refractivity contribution in [3.63, 3.8) is 0 Å². The Morgan fingerprint density at radius 2 is 1.83 bits per heavy atom. The number of carbonyl (C=O) groups excluding carboxylic acids is 1. The first-order valence-corrected chi connectivity index (χ1v) is 10.3. The first-order valence-electron chi connectivity index (χ1n) is 10.3. The Kier molecular flexibility index (Phi) is 6.19. The lowest BCUT2D eigenvalue weighted by Gasteiger charge is -2.12. The van der Waals surface area contributed by atoms with E-state index in [-0.39, 0.29) is 5.91 Å². The van der Waals surface area contributed by atoms with Crippen LogP contribution in [0.1, 0.15) is 46.8 Å². The van der Waals surface area contributed by atoms with Gasteiger partial charge in [0.25, 0.3) is 5.91 Å². The largest absolute Gasteiger partial charge is 0.489 e. The molecule has 1 aliphatic rings. The van der Waals surface area contributed by atoms with Crippen molar-refractivity contribution in [2.24, 2.45) is 0 Å². The van der Waals surface area contributed by atoms with E-state index in [9.17, 15) is 4.79 Å². The number of nitrogens with one attached hydrogen (secondary N) is 1. The van der Waals surface area contributed by atoms with Crippen LogP contribution >= 0.6 is 0 Å². The van der Waals surface area contributed by atoms with Crippen LogP contribution in [0.2, 0.25) is 0 Å². The average molecular weight is 390 g/mol. The van der Waals surface area contributed by atoms with Crippen molar-refractivity contribution < 1.29 is 9.53 Å². The zero-order valence-corrected chi connectivity index (χ0v) is 16.5. The fraction of sp³-hybridized carbons (Fsp3) is 0.348. The van der Waals surface area contributed by atoms with Crippen LogP contribution < -0.4 is 10.1 Å². The Bertz CT molecular complexity index is 953. The molecule has 0 unspecified atom stereocenters. The molecule has 0 fully saturated rings. The number of amides is 1. The minimum absolute atomic E-state index is 0.0899. The molecule has 6 nitrogen and oxygen atoms in total. The van der Waals surface area contributed by atoms with E-state index in [1.54, 1.807) is 0 Å². The molecule has 4 rings (SSSR count). The molecular formula is C23H26N4O2. The van der Waals surface area contributed by atoms with Gasteiger partial charge in [-0.3, -0.25) is 4.79 Å². The van der Waals surface area contributed by atoms with Gasteiger partial charge in [0.15, 0.2) is 0 Å². The van der Waals surface area contributed by atoms with Gasteiger partial charge in [0, 0.05) is 37.1 Å². The van der Waals surface area contributed by atoms with Crippen LogP contribution in [-0.2, 0) is 26.0 Å². The summed E-state index contributed by atoms with van der Waals surface area (Å²) in [4.78, 5) is 12.7. The number of hydrogen-bond acceptors (Lipinski definition) is 4. The fourth-order valence-corrected chi connectivity index (χ4v) is 3.66. The summed E-state index contributed by atoms with van der Waals surface area (Å²) in [5.41, 5.74) is 1.51. The molecule has 1 N–H and O–H groups in total. The number of carbonyl (C=O) groups is 1. The highest BCUT2D eigenvalue weighted by atomic mass is 16.5. The quantitative estimate of drug-likeness (QED) is 0.670. The van der Waals surface area contributed by atoms with Crippen LogP contribution in [0.3, 0.4) is 0 Å². The van der Waals surface area contributed by atoms with Crippen molar-refractivity contribution >= 4 is 5.91 Å². The zero-order valence-electron chi connectivity index (χ0n) is 16.5. The van der Waals surface area contributed by atoms with E-state index in [1.807, 2.05) is 54.6 Å². The molecule has 2 heterocycles. The predicted molar refractivity (Wildman–Crippen MR) is 111 cm³/mol. The van der Waals surface area contributed by atoms with E-state index in [0.29, 0.717) is 25.1 Å². The van der Waals surface area contributed by atoms with Gasteiger partial charge in [-0.15, -0.1) is 10.2 Å². The Balaban J connectivity index is 1.35. The highest BCUT2D eigenvalue weighted by molar-refractivity contribution is 5.95. The van der Waals surface area contributed by atoms with Gasteiger partial charge in [-0.2, -0.15) is 0 Å². The molecule has 1 aromatic heterocycles. The summed E-state index contributed by atoms with van der Waals surface area (Å²) in [5.74, 6) is 2.73. The predicted octanol–water partition coefficient (Wildman–Crippen LogP) is 3.56. The number of rotatable bonds is 7. The monoisotopic (exact) mass is 390 g/mol. The van der Waals surface area contributed by atoms with Crippen molar-refractivity contribution in [1.82, 2.24) is 20.1 Å². The summed E-state index contributed by atoms with van der Waals surface area (Å²) in [6.07, 6.45) is 5.26. The van der Waals surface area contributed by atoms with Crippen molar-refractivity contribution in [2.75, 3.05) is 6.54 Å². The molecule has 1 aliphatic heterocycles. The topological polar surface area (TPSA) is 69.0 Å². The van der Waals surface area contributed by atoms with Crippen LogP contribution in [-0.4, -0.2) is 27.2 Å². The SMILES string of the molecule is O=C(NCCc1nnc2n1CCCCC2)c1ccccc1COc1ccccc1. The number of aryl methyl sites for hydroxylation is 1. The number of hydrogen-bond donors (Lipinski definition) is 1. The van der Waals surface area contributed by atoms with E-state index in [1.165, 1.54) is 19.3 Å². The Labute approximate surface area is 170 Å². The van der Waals surface area contributed by atoms with Crippen LogP contribution in [0, 0.1) is 0 Å². The molecule has 3 aromatic rings. The second kappa shape index (κ2) is 9.37. The number of para-hydroxylation sites is 1. The van der Waals surface area contributed by atoms with E-state index in [0.717, 1.165) is 35.9 Å². The van der Waals surface area contributed by atoms with Gasteiger partial charge in [-0.05, 0) is 31.0 Å². The van der Waals surface area contributed by atoms with Crippen LogP contribution in [0.5, 0.6) is 5.75 Å². The molecule has 2 aromatic carbocycles. The Hall–Kier alpha value is -3.15. The minimum Gasteiger partial charge on any atom is -0.489 e. The normalized spacial score (nSPS) is 13.4. The van der Waals surface area contributed by atoms with Crippen molar-refractivity contribution in [3.8, 4) is 5.75 Å². The Morgan fingerprint density at radius 1 is 1.00 bits per heavy atom. The van der Waals surface area contributed by atoms with E-state index in [2.05, 4.69) is 20.1 Å². The summed E-state index contributed by atoms with van der Waals surface area (Å²) < 4.78 is 8.04. The third-order valence-electron chi connectivity index (χ3n) is 5.22. The van der Waals surface area contributed by atoms with Gasteiger partial charge in [-0.25, -0.2) is 0 Å². The maximum Gasteiger partial charge on any atom is 0.251 e. The van der Waals surface area contributed by atoms with Crippen LogP contribution in [0.15, 0.2) is 54.6 Å². The molecule has 29 heavy (non-hydrogen) atoms. The molecule has 0 radical (unpaired) electrons. The standard InChI is InChI=1S/C23H26N4O2/c28-23(24-15-14-22-26-25-21-13-5-2-8-16-27(21)22)20-12-7-6-9-18(20)17-29-19-10-3-1-4-11-19/h1,3-4,6-7,9-12H,2,5,8,13-17H2,(H,24,28). The average Bonchev–Trinajstić information content (AvgIpc) is 2.99. The second-order valence-corrected chi connectivity index (χ2v) is 7.26. The fourth-order valence-electron chi connectivity index (χ4n) is 3.66.